The number of carbonyl (C=O) groups excluding carboxylic acids is 1. The molecule has 1 fully saturated rings. The largest absolute Gasteiger partial charge is 0.443 e. The number of aromatic amines is 1. The van der Waals surface area contributed by atoms with Crippen LogP contribution in [0, 0.1) is 0 Å². The highest BCUT2D eigenvalue weighted by atomic mass is 35.5. The van der Waals surface area contributed by atoms with Gasteiger partial charge in [0.1, 0.15) is 22.8 Å². The fourth-order valence-electron chi connectivity index (χ4n) is 4.66. The number of alkyl halides is 3. The van der Waals surface area contributed by atoms with E-state index in [-0.39, 0.29) is 30.0 Å². The SMILES string of the molecule is CC1CN(c2sc(C(F)(F)F)nc2-c2nc3ccc(Cl)cc3[nH]2)CCN1C(=O)Cn1cnc2cccnc21. The van der Waals surface area contributed by atoms with Gasteiger partial charge in [-0.1, -0.05) is 22.9 Å². The highest BCUT2D eigenvalue weighted by Crippen LogP contribution is 2.42. The molecule has 1 aliphatic heterocycles. The first-order valence-electron chi connectivity index (χ1n) is 11.7. The molecule has 196 valence electrons. The molecule has 1 saturated heterocycles. The Morgan fingerprint density at radius 1 is 1.18 bits per heavy atom. The molecule has 5 aromatic rings. The van der Waals surface area contributed by atoms with Crippen molar-refractivity contribution in [3.63, 3.8) is 0 Å². The number of hydrogen-bond donors (Lipinski definition) is 1. The van der Waals surface area contributed by atoms with Crippen molar-refractivity contribution < 1.29 is 18.0 Å². The molecule has 1 unspecified atom stereocenters. The van der Waals surface area contributed by atoms with E-state index >= 15 is 0 Å². The lowest BCUT2D eigenvalue weighted by atomic mass is 10.2. The summed E-state index contributed by atoms with van der Waals surface area (Å²) in [4.78, 5) is 36.8. The average molecular weight is 561 g/mol. The number of hydrogen-bond acceptors (Lipinski definition) is 7. The Balaban J connectivity index is 1.26. The summed E-state index contributed by atoms with van der Waals surface area (Å²) < 4.78 is 42.7. The highest BCUT2D eigenvalue weighted by Gasteiger charge is 2.39. The van der Waals surface area contributed by atoms with Crippen LogP contribution in [0.2, 0.25) is 5.02 Å². The van der Waals surface area contributed by atoms with Crippen LogP contribution in [0.3, 0.4) is 0 Å². The van der Waals surface area contributed by atoms with E-state index in [1.54, 1.807) is 46.3 Å². The smallest absolute Gasteiger partial charge is 0.358 e. The second kappa shape index (κ2) is 9.24. The number of rotatable bonds is 4. The van der Waals surface area contributed by atoms with Crippen molar-refractivity contribution in [3.8, 4) is 11.5 Å². The number of piperazine rings is 1. The van der Waals surface area contributed by atoms with E-state index in [9.17, 15) is 18.0 Å². The lowest BCUT2D eigenvalue weighted by Gasteiger charge is -2.40. The van der Waals surface area contributed by atoms with Crippen LogP contribution in [-0.4, -0.2) is 66.0 Å². The Morgan fingerprint density at radius 2 is 2.03 bits per heavy atom. The van der Waals surface area contributed by atoms with Crippen LogP contribution in [0.25, 0.3) is 33.7 Å². The number of imidazole rings is 2. The van der Waals surface area contributed by atoms with Crippen LogP contribution < -0.4 is 4.90 Å². The Labute approximate surface area is 222 Å². The molecule has 1 amide bonds. The Hall–Kier alpha value is -3.71. The van der Waals surface area contributed by atoms with E-state index in [0.717, 1.165) is 0 Å². The van der Waals surface area contributed by atoms with E-state index in [4.69, 9.17) is 11.6 Å². The summed E-state index contributed by atoms with van der Waals surface area (Å²) in [6, 6.07) is 8.37. The zero-order valence-electron chi connectivity index (χ0n) is 19.9. The number of benzene rings is 1. The maximum Gasteiger partial charge on any atom is 0.443 e. The summed E-state index contributed by atoms with van der Waals surface area (Å²) >= 11 is 6.64. The van der Waals surface area contributed by atoms with Crippen LogP contribution in [0.1, 0.15) is 11.9 Å². The first-order chi connectivity index (χ1) is 18.2. The van der Waals surface area contributed by atoms with Crippen molar-refractivity contribution >= 4 is 56.0 Å². The molecule has 0 radical (unpaired) electrons. The molecule has 1 aliphatic rings. The molecule has 1 N–H and O–H groups in total. The summed E-state index contributed by atoms with van der Waals surface area (Å²) in [5.74, 6) is 0.117. The van der Waals surface area contributed by atoms with Crippen LogP contribution in [-0.2, 0) is 17.5 Å². The molecule has 9 nitrogen and oxygen atoms in total. The number of H-pyrrole nitrogens is 1. The van der Waals surface area contributed by atoms with Gasteiger partial charge < -0.3 is 19.4 Å². The van der Waals surface area contributed by atoms with Crippen molar-refractivity contribution in [2.45, 2.75) is 25.7 Å². The van der Waals surface area contributed by atoms with Gasteiger partial charge in [-0.3, -0.25) is 4.79 Å². The summed E-state index contributed by atoms with van der Waals surface area (Å²) in [5, 5.41) is -0.117. The number of thiazole rings is 1. The molecule has 5 heterocycles. The van der Waals surface area contributed by atoms with Crippen LogP contribution in [0.4, 0.5) is 18.2 Å². The monoisotopic (exact) mass is 560 g/mol. The molecule has 0 bridgehead atoms. The minimum atomic E-state index is -4.60. The Morgan fingerprint density at radius 3 is 2.82 bits per heavy atom. The fraction of sp³-hybridized carbons (Fsp3) is 0.292. The van der Waals surface area contributed by atoms with Crippen molar-refractivity contribution in [2.24, 2.45) is 0 Å². The van der Waals surface area contributed by atoms with Gasteiger partial charge in [0.05, 0.1) is 17.4 Å². The molecule has 4 aromatic heterocycles. The van der Waals surface area contributed by atoms with Crippen molar-refractivity contribution in [1.29, 1.82) is 0 Å². The molecule has 1 aromatic carbocycles. The Bertz CT molecular complexity index is 1660. The van der Waals surface area contributed by atoms with Crippen molar-refractivity contribution in [3.05, 3.63) is 52.9 Å². The normalized spacial score (nSPS) is 16.6. The third-order valence-corrected chi connectivity index (χ3v) is 7.83. The molecule has 38 heavy (non-hydrogen) atoms. The number of amides is 1. The quantitative estimate of drug-likeness (QED) is 0.338. The second-order valence-corrected chi connectivity index (χ2v) is 10.4. The fourth-order valence-corrected chi connectivity index (χ4v) is 5.80. The molecule has 6 rings (SSSR count). The van der Waals surface area contributed by atoms with Gasteiger partial charge in [-0.05, 0) is 37.3 Å². The topological polar surface area (TPSA) is 95.8 Å². The molecule has 1 atom stereocenters. The second-order valence-electron chi connectivity index (χ2n) is 9.02. The van der Waals surface area contributed by atoms with Crippen molar-refractivity contribution in [1.82, 2.24) is 34.4 Å². The average Bonchev–Trinajstić information content (AvgIpc) is 3.60. The number of nitrogens with zero attached hydrogens (tertiary/aromatic N) is 7. The Kier molecular flexibility index (Phi) is 5.99. The number of halogens is 4. The van der Waals surface area contributed by atoms with Gasteiger partial charge in [-0.25, -0.2) is 19.9 Å². The first kappa shape index (κ1) is 24.6. The summed E-state index contributed by atoms with van der Waals surface area (Å²) in [6.07, 6.45) is -1.37. The van der Waals surface area contributed by atoms with Gasteiger partial charge in [0.25, 0.3) is 0 Å². The minimum Gasteiger partial charge on any atom is -0.358 e. The lowest BCUT2D eigenvalue weighted by Crippen LogP contribution is -2.54. The molecule has 14 heteroatoms. The standard InChI is InChI=1S/C24H20ClF3N8OS/c1-13-10-34(7-8-36(13)18(37)11-35-12-30-16-3-2-6-29-21(16)35)22-19(33-23(38-22)24(26,27)28)20-31-15-5-4-14(25)9-17(15)32-20/h2-6,9,12-13H,7-8,10-11H2,1H3,(H,31,32). The molecule has 0 spiro atoms. The summed E-state index contributed by atoms with van der Waals surface area (Å²) in [6.45, 7) is 2.98. The van der Waals surface area contributed by atoms with Crippen LogP contribution >= 0.6 is 22.9 Å². The maximum atomic E-state index is 13.7. The molecular weight excluding hydrogens is 541 g/mol. The predicted molar refractivity (Wildman–Crippen MR) is 138 cm³/mol. The molecule has 0 saturated carbocycles. The minimum absolute atomic E-state index is 0.0728. The maximum absolute atomic E-state index is 13.7. The van der Waals surface area contributed by atoms with E-state index in [1.165, 1.54) is 0 Å². The number of fused-ring (bicyclic) bond motifs is 2. The lowest BCUT2D eigenvalue weighted by molar-refractivity contribution is -0.137. The molecular formula is C24H20ClF3N8OS. The van der Waals surface area contributed by atoms with Gasteiger partial charge in [0.15, 0.2) is 11.5 Å². The van der Waals surface area contributed by atoms with E-state index in [2.05, 4.69) is 24.9 Å². The van der Waals surface area contributed by atoms with E-state index in [0.29, 0.717) is 63.2 Å². The van der Waals surface area contributed by atoms with Crippen LogP contribution in [0.15, 0.2) is 42.9 Å². The van der Waals surface area contributed by atoms with Gasteiger partial charge in [-0.2, -0.15) is 13.2 Å². The predicted octanol–water partition coefficient (Wildman–Crippen LogP) is 4.84. The number of anilines is 1. The number of pyridine rings is 1. The third kappa shape index (κ3) is 4.45. The zero-order valence-corrected chi connectivity index (χ0v) is 21.5. The van der Waals surface area contributed by atoms with Crippen LogP contribution in [0.5, 0.6) is 0 Å². The zero-order chi connectivity index (χ0) is 26.6. The summed E-state index contributed by atoms with van der Waals surface area (Å²) in [7, 11) is 0. The van der Waals surface area contributed by atoms with Gasteiger partial charge in [0.2, 0.25) is 10.9 Å². The number of nitrogens with one attached hydrogen (secondary N) is 1. The van der Waals surface area contributed by atoms with Gasteiger partial charge >= 0.3 is 6.18 Å². The number of carbonyl (C=O) groups is 1. The van der Waals surface area contributed by atoms with Crippen molar-refractivity contribution in [2.75, 3.05) is 24.5 Å². The summed E-state index contributed by atoms with van der Waals surface area (Å²) in [5.41, 5.74) is 2.61. The van der Waals surface area contributed by atoms with Gasteiger partial charge in [-0.15, -0.1) is 0 Å². The van der Waals surface area contributed by atoms with E-state index in [1.807, 2.05) is 17.9 Å². The highest BCUT2D eigenvalue weighted by molar-refractivity contribution is 7.16. The third-order valence-electron chi connectivity index (χ3n) is 6.43. The number of aromatic nitrogens is 6. The molecule has 0 aliphatic carbocycles. The first-order valence-corrected chi connectivity index (χ1v) is 12.9. The van der Waals surface area contributed by atoms with Gasteiger partial charge in [0, 0.05) is 36.9 Å². The van der Waals surface area contributed by atoms with E-state index < -0.39 is 11.2 Å².